The molecular weight excluding hydrogens is 392 g/mol. The van der Waals surface area contributed by atoms with Crippen molar-refractivity contribution in [1.82, 2.24) is 4.90 Å². The Morgan fingerprint density at radius 3 is 2.45 bits per heavy atom. The molecule has 3 rings (SSSR count). The summed E-state index contributed by atoms with van der Waals surface area (Å²) in [6, 6.07) is 14.6. The number of esters is 1. The largest absolute Gasteiger partial charge is 0.449 e. The van der Waals surface area contributed by atoms with Gasteiger partial charge in [-0.2, -0.15) is 0 Å². The van der Waals surface area contributed by atoms with Crippen LogP contribution in [0.3, 0.4) is 0 Å². The molecule has 31 heavy (non-hydrogen) atoms. The number of ether oxygens (including phenoxy) is 1. The lowest BCUT2D eigenvalue weighted by Crippen LogP contribution is -2.30. The second kappa shape index (κ2) is 9.33. The third kappa shape index (κ3) is 5.94. The van der Waals surface area contributed by atoms with Crippen LogP contribution in [-0.2, 0) is 26.3 Å². The first kappa shape index (κ1) is 22.5. The lowest BCUT2D eigenvalue weighted by Gasteiger charge is -2.19. The van der Waals surface area contributed by atoms with E-state index < -0.39 is 18.0 Å². The van der Waals surface area contributed by atoms with Crippen molar-refractivity contribution in [3.63, 3.8) is 0 Å². The highest BCUT2D eigenvalue weighted by Gasteiger charge is 2.22. The molecule has 1 saturated heterocycles. The van der Waals surface area contributed by atoms with Gasteiger partial charge in [-0.15, -0.1) is 0 Å². The number of nitrogens with one attached hydrogen (secondary N) is 1. The Balaban J connectivity index is 1.57. The summed E-state index contributed by atoms with van der Waals surface area (Å²) in [4.78, 5) is 38.6. The minimum Gasteiger partial charge on any atom is -0.449 e. The van der Waals surface area contributed by atoms with E-state index in [1.54, 1.807) is 30.0 Å². The first-order valence-electron chi connectivity index (χ1n) is 10.6. The second-order valence-corrected chi connectivity index (χ2v) is 8.98. The molecule has 0 aliphatic carbocycles. The van der Waals surface area contributed by atoms with Crippen LogP contribution in [0.25, 0.3) is 0 Å². The molecule has 1 fully saturated rings. The van der Waals surface area contributed by atoms with Crippen molar-refractivity contribution >= 4 is 23.5 Å². The van der Waals surface area contributed by atoms with E-state index in [9.17, 15) is 14.4 Å². The lowest BCUT2D eigenvalue weighted by atomic mass is 9.87. The van der Waals surface area contributed by atoms with Gasteiger partial charge in [-0.25, -0.2) is 4.79 Å². The van der Waals surface area contributed by atoms with Gasteiger partial charge in [-0.3, -0.25) is 9.59 Å². The number of benzene rings is 2. The molecule has 0 spiro atoms. The van der Waals surface area contributed by atoms with Crippen LogP contribution < -0.4 is 5.32 Å². The van der Waals surface area contributed by atoms with Crippen molar-refractivity contribution in [1.29, 1.82) is 0 Å². The van der Waals surface area contributed by atoms with Crippen LogP contribution in [0.1, 0.15) is 62.0 Å². The summed E-state index contributed by atoms with van der Waals surface area (Å²) >= 11 is 0. The van der Waals surface area contributed by atoms with Gasteiger partial charge in [0.15, 0.2) is 6.10 Å². The average Bonchev–Trinajstić information content (AvgIpc) is 3.12. The number of carbonyl (C=O) groups is 3. The summed E-state index contributed by atoms with van der Waals surface area (Å²) in [5.74, 6) is -0.829. The van der Waals surface area contributed by atoms with Crippen LogP contribution in [0.2, 0.25) is 0 Å². The van der Waals surface area contributed by atoms with Gasteiger partial charge in [0.1, 0.15) is 0 Å². The summed E-state index contributed by atoms with van der Waals surface area (Å²) in [7, 11) is 0. The standard InChI is InChI=1S/C25H30N2O4/c1-17(23(29)26-21-12-10-20(11-13-21)25(2,3)4)31-24(30)19-8-5-7-18(15-19)16-27-14-6-9-22(27)28/h5,7-8,10-13,15,17H,6,9,14,16H2,1-4H3,(H,26,29). The van der Waals surface area contributed by atoms with Crippen LogP contribution in [0.4, 0.5) is 5.69 Å². The van der Waals surface area contributed by atoms with Gasteiger partial charge in [-0.1, -0.05) is 45.0 Å². The lowest BCUT2D eigenvalue weighted by molar-refractivity contribution is -0.128. The van der Waals surface area contributed by atoms with E-state index in [2.05, 4.69) is 26.1 Å². The Bertz CT molecular complexity index is 960. The van der Waals surface area contributed by atoms with Crippen LogP contribution >= 0.6 is 0 Å². The molecule has 0 saturated carbocycles. The molecule has 1 N–H and O–H groups in total. The quantitative estimate of drug-likeness (QED) is 0.705. The zero-order valence-corrected chi connectivity index (χ0v) is 18.6. The molecule has 1 aliphatic heterocycles. The number of anilines is 1. The first-order chi connectivity index (χ1) is 14.6. The molecule has 0 bridgehead atoms. The number of likely N-dealkylation sites (tertiary alicyclic amines) is 1. The molecule has 2 aromatic rings. The van der Waals surface area contributed by atoms with Crippen molar-refractivity contribution in [3.05, 3.63) is 65.2 Å². The minimum atomic E-state index is -0.946. The van der Waals surface area contributed by atoms with Crippen LogP contribution in [0, 0.1) is 0 Å². The average molecular weight is 423 g/mol. The highest BCUT2D eigenvalue weighted by atomic mass is 16.5. The molecule has 2 amide bonds. The van der Waals surface area contributed by atoms with Gasteiger partial charge >= 0.3 is 5.97 Å². The van der Waals surface area contributed by atoms with Gasteiger partial charge in [0.2, 0.25) is 5.91 Å². The monoisotopic (exact) mass is 422 g/mol. The molecule has 1 unspecified atom stereocenters. The fraction of sp³-hybridized carbons (Fsp3) is 0.400. The van der Waals surface area contributed by atoms with E-state index in [1.165, 1.54) is 5.56 Å². The highest BCUT2D eigenvalue weighted by Crippen LogP contribution is 2.23. The smallest absolute Gasteiger partial charge is 0.338 e. The number of amides is 2. The number of carbonyl (C=O) groups excluding carboxylic acids is 3. The fourth-order valence-corrected chi connectivity index (χ4v) is 3.47. The Morgan fingerprint density at radius 2 is 1.84 bits per heavy atom. The van der Waals surface area contributed by atoms with Gasteiger partial charge in [-0.05, 0) is 54.2 Å². The Hall–Kier alpha value is -3.15. The minimum absolute atomic E-state index is 0.0297. The van der Waals surface area contributed by atoms with Crippen LogP contribution in [-0.4, -0.2) is 35.3 Å². The Labute approximate surface area is 183 Å². The third-order valence-corrected chi connectivity index (χ3v) is 5.38. The highest BCUT2D eigenvalue weighted by molar-refractivity contribution is 5.97. The molecule has 6 heteroatoms. The van der Waals surface area contributed by atoms with E-state index in [-0.39, 0.29) is 11.3 Å². The molecule has 1 atom stereocenters. The molecule has 0 radical (unpaired) electrons. The number of nitrogens with zero attached hydrogens (tertiary/aromatic N) is 1. The predicted molar refractivity (Wildman–Crippen MR) is 120 cm³/mol. The van der Waals surface area contributed by atoms with E-state index >= 15 is 0 Å². The van der Waals surface area contributed by atoms with Crippen molar-refractivity contribution in [2.45, 2.75) is 58.6 Å². The maximum Gasteiger partial charge on any atom is 0.338 e. The van der Waals surface area contributed by atoms with Gasteiger partial charge in [0.25, 0.3) is 5.91 Å². The van der Waals surface area contributed by atoms with E-state index in [0.29, 0.717) is 24.2 Å². The molecular formula is C25H30N2O4. The fourth-order valence-electron chi connectivity index (χ4n) is 3.47. The normalized spacial score (nSPS) is 15.0. The Morgan fingerprint density at radius 1 is 1.13 bits per heavy atom. The number of hydrogen-bond acceptors (Lipinski definition) is 4. The molecule has 1 heterocycles. The predicted octanol–water partition coefficient (Wildman–Crippen LogP) is 4.29. The van der Waals surface area contributed by atoms with Gasteiger partial charge in [0, 0.05) is 25.2 Å². The molecule has 164 valence electrons. The summed E-state index contributed by atoms with van der Waals surface area (Å²) in [5.41, 5.74) is 3.07. The molecule has 0 aromatic heterocycles. The first-order valence-corrected chi connectivity index (χ1v) is 10.6. The van der Waals surface area contributed by atoms with Gasteiger partial charge in [0.05, 0.1) is 5.56 Å². The second-order valence-electron chi connectivity index (χ2n) is 8.98. The number of hydrogen-bond donors (Lipinski definition) is 1. The summed E-state index contributed by atoms with van der Waals surface area (Å²) in [6.45, 7) is 9.13. The van der Waals surface area contributed by atoms with Crippen molar-refractivity contribution in [3.8, 4) is 0 Å². The third-order valence-electron chi connectivity index (χ3n) is 5.38. The van der Waals surface area contributed by atoms with Crippen LogP contribution in [0.5, 0.6) is 0 Å². The summed E-state index contributed by atoms with van der Waals surface area (Å²) in [6.07, 6.45) is 0.498. The summed E-state index contributed by atoms with van der Waals surface area (Å²) in [5, 5.41) is 2.78. The molecule has 2 aromatic carbocycles. The SMILES string of the molecule is CC(OC(=O)c1cccc(CN2CCCC2=O)c1)C(=O)Nc1ccc(C(C)(C)C)cc1. The zero-order valence-electron chi connectivity index (χ0n) is 18.6. The maximum absolute atomic E-state index is 12.5. The van der Waals surface area contributed by atoms with Crippen molar-refractivity contribution in [2.75, 3.05) is 11.9 Å². The van der Waals surface area contributed by atoms with Gasteiger partial charge < -0.3 is 15.0 Å². The zero-order chi connectivity index (χ0) is 22.6. The maximum atomic E-state index is 12.5. The topological polar surface area (TPSA) is 75.7 Å². The van der Waals surface area contributed by atoms with E-state index in [0.717, 1.165) is 18.5 Å². The molecule has 1 aliphatic rings. The van der Waals surface area contributed by atoms with Crippen LogP contribution in [0.15, 0.2) is 48.5 Å². The Kier molecular flexibility index (Phi) is 6.78. The van der Waals surface area contributed by atoms with Crippen molar-refractivity contribution in [2.24, 2.45) is 0 Å². The molecule has 6 nitrogen and oxygen atoms in total. The van der Waals surface area contributed by atoms with E-state index in [4.69, 9.17) is 4.74 Å². The summed E-state index contributed by atoms with van der Waals surface area (Å²) < 4.78 is 5.36. The number of rotatable bonds is 6. The van der Waals surface area contributed by atoms with Crippen molar-refractivity contribution < 1.29 is 19.1 Å². The van der Waals surface area contributed by atoms with E-state index in [1.807, 2.05) is 30.3 Å².